The van der Waals surface area contributed by atoms with Gasteiger partial charge < -0.3 is 15.1 Å². The molecule has 0 atom stereocenters. The van der Waals surface area contributed by atoms with Crippen LogP contribution >= 0.6 is 0 Å². The van der Waals surface area contributed by atoms with Gasteiger partial charge in [0.25, 0.3) is 5.91 Å². The zero-order chi connectivity index (χ0) is 26.1. The highest BCUT2D eigenvalue weighted by atomic mass is 16.2. The zero-order valence-electron chi connectivity index (χ0n) is 21.7. The Kier molecular flexibility index (Phi) is 6.64. The Hall–Kier alpha value is -4.21. The summed E-state index contributed by atoms with van der Waals surface area (Å²) in [5, 5.41) is 12.7. The summed E-state index contributed by atoms with van der Waals surface area (Å²) in [6.07, 6.45) is 3.43. The van der Waals surface area contributed by atoms with E-state index in [1.54, 1.807) is 17.1 Å². The molecular formula is C27H32N8O2. The number of pyridine rings is 1. The van der Waals surface area contributed by atoms with Crippen LogP contribution in [0.4, 0.5) is 11.4 Å². The van der Waals surface area contributed by atoms with E-state index in [1.807, 2.05) is 59.8 Å². The number of rotatable bonds is 6. The topological polar surface area (TPSA) is 101 Å². The molecule has 1 N–H and O–H groups in total. The molecule has 10 nitrogen and oxygen atoms in total. The molecule has 192 valence electrons. The molecule has 4 heterocycles. The van der Waals surface area contributed by atoms with Gasteiger partial charge in [-0.15, -0.1) is 0 Å². The third-order valence-electron chi connectivity index (χ3n) is 6.69. The summed E-state index contributed by atoms with van der Waals surface area (Å²) in [5.74, 6) is -0.142. The zero-order valence-corrected chi connectivity index (χ0v) is 21.7. The Bertz CT molecular complexity index is 1450. The Labute approximate surface area is 215 Å². The smallest absolute Gasteiger partial charge is 0.257 e. The number of nitrogens with one attached hydrogen (secondary N) is 1. The number of nitrogens with zero attached hydrogens (tertiary/aromatic N) is 7. The molecule has 0 unspecified atom stereocenters. The first-order valence-electron chi connectivity index (χ1n) is 12.6. The maximum atomic E-state index is 13.3. The Morgan fingerprint density at radius 3 is 2.49 bits per heavy atom. The minimum atomic E-state index is -0.198. The lowest BCUT2D eigenvalue weighted by atomic mass is 10.1. The summed E-state index contributed by atoms with van der Waals surface area (Å²) in [6, 6.07) is 11.6. The number of piperazine rings is 1. The van der Waals surface area contributed by atoms with Gasteiger partial charge in [-0.1, -0.05) is 12.1 Å². The lowest BCUT2D eigenvalue weighted by molar-refractivity contribution is -0.132. The molecule has 10 heteroatoms. The minimum absolute atomic E-state index is 0.0561. The van der Waals surface area contributed by atoms with Gasteiger partial charge in [0.1, 0.15) is 6.54 Å². The third-order valence-corrected chi connectivity index (χ3v) is 6.69. The van der Waals surface area contributed by atoms with E-state index in [2.05, 4.69) is 39.2 Å². The highest BCUT2D eigenvalue weighted by molar-refractivity contribution is 6.08. The van der Waals surface area contributed by atoms with Crippen LogP contribution in [0.25, 0.3) is 11.0 Å². The van der Waals surface area contributed by atoms with Crippen LogP contribution in [0.1, 0.15) is 41.6 Å². The number of hydrogen-bond acceptors (Lipinski definition) is 6. The molecule has 0 saturated carbocycles. The fourth-order valence-corrected chi connectivity index (χ4v) is 4.79. The van der Waals surface area contributed by atoms with E-state index in [0.29, 0.717) is 37.4 Å². The predicted octanol–water partition coefficient (Wildman–Crippen LogP) is 3.43. The first kappa shape index (κ1) is 24.5. The molecule has 1 aliphatic rings. The number of aryl methyl sites for hydroxylation is 2. The molecule has 5 rings (SSSR count). The fraction of sp³-hybridized carbons (Fsp3) is 0.370. The van der Waals surface area contributed by atoms with Gasteiger partial charge in [0.15, 0.2) is 5.65 Å². The number of anilines is 2. The number of carbonyl (C=O) groups is 2. The van der Waals surface area contributed by atoms with Gasteiger partial charge in [0.2, 0.25) is 5.91 Å². The summed E-state index contributed by atoms with van der Waals surface area (Å²) in [7, 11) is 0. The fourth-order valence-electron chi connectivity index (χ4n) is 4.79. The van der Waals surface area contributed by atoms with E-state index in [0.717, 1.165) is 28.1 Å². The van der Waals surface area contributed by atoms with Gasteiger partial charge in [-0.05, 0) is 52.0 Å². The maximum Gasteiger partial charge on any atom is 0.257 e. The van der Waals surface area contributed by atoms with E-state index >= 15 is 0 Å². The third kappa shape index (κ3) is 5.04. The van der Waals surface area contributed by atoms with Crippen LogP contribution in [-0.4, -0.2) is 67.4 Å². The number of carbonyl (C=O) groups excluding carboxylic acids is 2. The van der Waals surface area contributed by atoms with E-state index in [9.17, 15) is 9.59 Å². The lowest BCUT2D eigenvalue weighted by Gasteiger charge is -2.37. The first-order valence-corrected chi connectivity index (χ1v) is 12.6. The Balaban J connectivity index is 1.25. The number of aromatic nitrogens is 5. The molecule has 0 bridgehead atoms. The number of hydrogen-bond donors (Lipinski definition) is 1. The summed E-state index contributed by atoms with van der Waals surface area (Å²) in [5.41, 5.74) is 4.74. The number of benzene rings is 1. The van der Waals surface area contributed by atoms with Crippen molar-refractivity contribution in [1.82, 2.24) is 29.4 Å². The molecule has 1 aromatic carbocycles. The SMILES string of the molecule is Cc1cc(C)n(CC(=O)N2CCN(c3ccccc3C(=O)Nc3cnc4c(cnn4C(C)C)c3)CC2)n1. The number of fused-ring (bicyclic) bond motifs is 1. The van der Waals surface area contributed by atoms with Crippen LogP contribution in [0.2, 0.25) is 0 Å². The molecule has 1 aliphatic heterocycles. The van der Waals surface area contributed by atoms with Gasteiger partial charge in [0.05, 0.1) is 29.3 Å². The second kappa shape index (κ2) is 10.0. The van der Waals surface area contributed by atoms with Crippen molar-refractivity contribution in [3.63, 3.8) is 0 Å². The van der Waals surface area contributed by atoms with Crippen LogP contribution < -0.4 is 10.2 Å². The van der Waals surface area contributed by atoms with Gasteiger partial charge >= 0.3 is 0 Å². The van der Waals surface area contributed by atoms with Crippen LogP contribution in [-0.2, 0) is 11.3 Å². The van der Waals surface area contributed by atoms with E-state index in [-0.39, 0.29) is 24.4 Å². The second-order valence-electron chi connectivity index (χ2n) is 9.74. The van der Waals surface area contributed by atoms with Gasteiger partial charge in [-0.3, -0.25) is 14.3 Å². The number of amides is 2. The summed E-state index contributed by atoms with van der Waals surface area (Å²) < 4.78 is 3.61. The lowest BCUT2D eigenvalue weighted by Crippen LogP contribution is -2.50. The summed E-state index contributed by atoms with van der Waals surface area (Å²) in [6.45, 7) is 10.7. The largest absolute Gasteiger partial charge is 0.367 e. The Morgan fingerprint density at radius 2 is 1.78 bits per heavy atom. The van der Waals surface area contributed by atoms with Crippen molar-refractivity contribution in [2.75, 3.05) is 36.4 Å². The standard InChI is InChI=1S/C27H32N8O2/c1-18(2)35-26-21(15-29-35)14-22(16-28-26)30-27(37)23-7-5-6-8-24(23)32-9-11-33(12-10-32)25(36)17-34-20(4)13-19(3)31-34/h5-8,13-16,18H,9-12,17H2,1-4H3,(H,30,37). The molecule has 3 aromatic heterocycles. The molecule has 1 fully saturated rings. The van der Waals surface area contributed by atoms with Crippen LogP contribution in [0.15, 0.2) is 48.8 Å². The highest BCUT2D eigenvalue weighted by Gasteiger charge is 2.25. The van der Waals surface area contributed by atoms with Crippen LogP contribution in [0, 0.1) is 13.8 Å². The van der Waals surface area contributed by atoms with Crippen molar-refractivity contribution >= 4 is 34.2 Å². The average Bonchev–Trinajstić information content (AvgIpc) is 3.45. The summed E-state index contributed by atoms with van der Waals surface area (Å²) >= 11 is 0. The Morgan fingerprint density at radius 1 is 1.03 bits per heavy atom. The molecule has 4 aromatic rings. The molecule has 0 radical (unpaired) electrons. The number of para-hydroxylation sites is 1. The molecule has 0 aliphatic carbocycles. The first-order chi connectivity index (χ1) is 17.8. The van der Waals surface area contributed by atoms with Crippen molar-refractivity contribution in [2.45, 2.75) is 40.3 Å². The molecule has 1 saturated heterocycles. The van der Waals surface area contributed by atoms with Gasteiger partial charge in [-0.25, -0.2) is 9.67 Å². The van der Waals surface area contributed by atoms with E-state index in [1.165, 1.54) is 0 Å². The second-order valence-corrected chi connectivity index (χ2v) is 9.74. The van der Waals surface area contributed by atoms with E-state index in [4.69, 9.17) is 0 Å². The minimum Gasteiger partial charge on any atom is -0.367 e. The van der Waals surface area contributed by atoms with Crippen molar-refractivity contribution in [3.05, 3.63) is 65.7 Å². The molecular weight excluding hydrogens is 468 g/mol. The van der Waals surface area contributed by atoms with Crippen molar-refractivity contribution in [3.8, 4) is 0 Å². The molecule has 0 spiro atoms. The van der Waals surface area contributed by atoms with Crippen LogP contribution in [0.5, 0.6) is 0 Å². The quantitative estimate of drug-likeness (QED) is 0.435. The normalized spacial score (nSPS) is 14.0. The highest BCUT2D eigenvalue weighted by Crippen LogP contribution is 2.24. The van der Waals surface area contributed by atoms with E-state index < -0.39 is 0 Å². The van der Waals surface area contributed by atoms with Crippen molar-refractivity contribution in [2.24, 2.45) is 0 Å². The summed E-state index contributed by atoms with van der Waals surface area (Å²) in [4.78, 5) is 34.7. The van der Waals surface area contributed by atoms with Gasteiger partial charge in [-0.2, -0.15) is 10.2 Å². The maximum absolute atomic E-state index is 13.3. The van der Waals surface area contributed by atoms with Gasteiger partial charge in [0, 0.05) is 49.0 Å². The molecule has 37 heavy (non-hydrogen) atoms. The van der Waals surface area contributed by atoms with Crippen molar-refractivity contribution < 1.29 is 9.59 Å². The molecule has 2 amide bonds. The average molecular weight is 501 g/mol. The predicted molar refractivity (Wildman–Crippen MR) is 143 cm³/mol. The monoisotopic (exact) mass is 500 g/mol. The van der Waals surface area contributed by atoms with Crippen molar-refractivity contribution in [1.29, 1.82) is 0 Å². The van der Waals surface area contributed by atoms with Crippen LogP contribution in [0.3, 0.4) is 0 Å².